The quantitative estimate of drug-likeness (QED) is 0.721. The Morgan fingerprint density at radius 3 is 2.09 bits per heavy atom. The van der Waals surface area contributed by atoms with E-state index >= 15 is 0 Å². The first-order valence-electron chi connectivity index (χ1n) is 7.60. The normalized spacial score (nSPS) is 13.3. The van der Waals surface area contributed by atoms with Gasteiger partial charge >= 0.3 is 0 Å². The maximum absolute atomic E-state index is 13.8. The molecule has 23 heavy (non-hydrogen) atoms. The van der Waals surface area contributed by atoms with Gasteiger partial charge in [-0.15, -0.1) is 0 Å². The van der Waals surface area contributed by atoms with Crippen molar-refractivity contribution in [1.82, 2.24) is 10.0 Å². The zero-order valence-electron chi connectivity index (χ0n) is 14.1. The standard InChI is InChI=1S/C16H26F2N2O2S/c1-5-16(17,18)15(2,3)12-20-10-13-6-8-14(9-7-13)11-23(21,22)19-4/h6-9,19-20H,5,10-12H2,1-4H3. The fourth-order valence-corrected chi connectivity index (χ4v) is 2.95. The highest BCUT2D eigenvalue weighted by Crippen LogP contribution is 2.38. The highest BCUT2D eigenvalue weighted by Gasteiger charge is 2.44. The van der Waals surface area contributed by atoms with Crippen LogP contribution in [0.15, 0.2) is 24.3 Å². The Balaban J connectivity index is 2.57. The molecule has 0 bridgehead atoms. The molecule has 132 valence electrons. The minimum absolute atomic E-state index is 0.0764. The minimum Gasteiger partial charge on any atom is -0.312 e. The van der Waals surface area contributed by atoms with E-state index < -0.39 is 21.4 Å². The topological polar surface area (TPSA) is 58.2 Å². The predicted molar refractivity (Wildman–Crippen MR) is 88.9 cm³/mol. The van der Waals surface area contributed by atoms with Crippen LogP contribution in [-0.4, -0.2) is 27.9 Å². The molecule has 0 spiro atoms. The molecule has 0 unspecified atom stereocenters. The zero-order valence-corrected chi connectivity index (χ0v) is 14.9. The van der Waals surface area contributed by atoms with E-state index in [1.54, 1.807) is 38.1 Å². The summed E-state index contributed by atoms with van der Waals surface area (Å²) in [5.74, 6) is -2.79. The zero-order chi connectivity index (χ0) is 17.7. The largest absolute Gasteiger partial charge is 0.312 e. The summed E-state index contributed by atoms with van der Waals surface area (Å²) in [6, 6.07) is 7.08. The van der Waals surface area contributed by atoms with Crippen LogP contribution in [0.1, 0.15) is 38.3 Å². The summed E-state index contributed by atoms with van der Waals surface area (Å²) >= 11 is 0. The number of rotatable bonds is 9. The van der Waals surface area contributed by atoms with Gasteiger partial charge in [0.05, 0.1) is 5.75 Å². The van der Waals surface area contributed by atoms with Gasteiger partial charge in [-0.2, -0.15) is 0 Å². The third-order valence-corrected chi connectivity index (χ3v) is 5.36. The molecule has 1 aromatic rings. The van der Waals surface area contributed by atoms with E-state index in [1.807, 2.05) is 0 Å². The average molecular weight is 348 g/mol. The van der Waals surface area contributed by atoms with Gasteiger partial charge in [0.15, 0.2) is 0 Å². The van der Waals surface area contributed by atoms with Crippen LogP contribution < -0.4 is 10.0 Å². The Morgan fingerprint density at radius 1 is 1.09 bits per heavy atom. The van der Waals surface area contributed by atoms with E-state index in [4.69, 9.17) is 0 Å². The molecule has 0 atom stereocenters. The van der Waals surface area contributed by atoms with Gasteiger partial charge in [0.2, 0.25) is 10.0 Å². The lowest BCUT2D eigenvalue weighted by Crippen LogP contribution is -2.43. The van der Waals surface area contributed by atoms with Crippen LogP contribution in [0.4, 0.5) is 8.78 Å². The Morgan fingerprint density at radius 2 is 1.61 bits per heavy atom. The molecule has 0 aromatic heterocycles. The molecule has 7 heteroatoms. The number of hydrogen-bond donors (Lipinski definition) is 2. The first-order chi connectivity index (χ1) is 10.5. The van der Waals surface area contributed by atoms with E-state index in [9.17, 15) is 17.2 Å². The molecule has 0 fully saturated rings. The SMILES string of the molecule is CCC(F)(F)C(C)(C)CNCc1ccc(CS(=O)(=O)NC)cc1. The molecule has 0 aliphatic rings. The molecule has 0 saturated carbocycles. The lowest BCUT2D eigenvalue weighted by Gasteiger charge is -2.33. The summed E-state index contributed by atoms with van der Waals surface area (Å²) in [6.45, 7) is 5.25. The Kier molecular flexibility index (Phi) is 6.68. The maximum Gasteiger partial charge on any atom is 0.254 e. The number of halogens is 2. The van der Waals surface area contributed by atoms with Crippen molar-refractivity contribution >= 4 is 10.0 Å². The first kappa shape index (κ1) is 20.0. The third kappa shape index (κ3) is 5.82. The second kappa shape index (κ2) is 7.68. The van der Waals surface area contributed by atoms with Crippen molar-refractivity contribution in [1.29, 1.82) is 0 Å². The van der Waals surface area contributed by atoms with Crippen LogP contribution in [0.3, 0.4) is 0 Å². The van der Waals surface area contributed by atoms with E-state index in [0.717, 1.165) is 5.56 Å². The van der Waals surface area contributed by atoms with E-state index in [2.05, 4.69) is 10.0 Å². The molecular weight excluding hydrogens is 322 g/mol. The minimum atomic E-state index is -3.29. The molecular formula is C16H26F2N2O2S. The van der Waals surface area contributed by atoms with Crippen molar-refractivity contribution in [3.63, 3.8) is 0 Å². The monoisotopic (exact) mass is 348 g/mol. The number of alkyl halides is 2. The van der Waals surface area contributed by atoms with Gasteiger partial charge in [-0.3, -0.25) is 0 Å². The fraction of sp³-hybridized carbons (Fsp3) is 0.625. The summed E-state index contributed by atoms with van der Waals surface area (Å²) in [5, 5.41) is 3.05. The highest BCUT2D eigenvalue weighted by atomic mass is 32.2. The van der Waals surface area contributed by atoms with Crippen LogP contribution in [0.5, 0.6) is 0 Å². The van der Waals surface area contributed by atoms with Gasteiger partial charge in [-0.05, 0) is 18.2 Å². The summed E-state index contributed by atoms with van der Waals surface area (Å²) in [4.78, 5) is 0. The van der Waals surface area contributed by atoms with E-state index in [0.29, 0.717) is 12.1 Å². The van der Waals surface area contributed by atoms with Crippen molar-refractivity contribution in [2.45, 2.75) is 45.4 Å². The predicted octanol–water partition coefficient (Wildman–Crippen LogP) is 2.90. The molecule has 2 N–H and O–H groups in total. The molecule has 0 aliphatic heterocycles. The second-order valence-corrected chi connectivity index (χ2v) is 8.25. The van der Waals surface area contributed by atoms with Crippen molar-refractivity contribution in [2.24, 2.45) is 5.41 Å². The van der Waals surface area contributed by atoms with Crippen molar-refractivity contribution < 1.29 is 17.2 Å². The van der Waals surface area contributed by atoms with Crippen molar-refractivity contribution in [3.05, 3.63) is 35.4 Å². The fourth-order valence-electron chi connectivity index (χ4n) is 2.17. The van der Waals surface area contributed by atoms with E-state index in [-0.39, 0.29) is 18.7 Å². The Labute approximate surface area is 137 Å². The lowest BCUT2D eigenvalue weighted by atomic mass is 9.84. The van der Waals surface area contributed by atoms with Gasteiger partial charge in [0.25, 0.3) is 5.92 Å². The average Bonchev–Trinajstić information content (AvgIpc) is 2.48. The molecule has 0 amide bonds. The highest BCUT2D eigenvalue weighted by molar-refractivity contribution is 7.88. The van der Waals surface area contributed by atoms with Crippen LogP contribution in [0, 0.1) is 5.41 Å². The lowest BCUT2D eigenvalue weighted by molar-refractivity contribution is -0.106. The van der Waals surface area contributed by atoms with Crippen molar-refractivity contribution in [3.8, 4) is 0 Å². The van der Waals surface area contributed by atoms with Crippen LogP contribution in [0.25, 0.3) is 0 Å². The Hall–Kier alpha value is -1.05. The number of hydrogen-bond acceptors (Lipinski definition) is 3. The van der Waals surface area contributed by atoms with Gasteiger partial charge in [0, 0.05) is 24.9 Å². The third-order valence-electron chi connectivity index (χ3n) is 4.02. The summed E-state index contributed by atoms with van der Waals surface area (Å²) in [5.41, 5.74) is 0.481. The molecule has 0 heterocycles. The van der Waals surface area contributed by atoms with Gasteiger partial charge in [0.1, 0.15) is 0 Å². The second-order valence-electron chi connectivity index (χ2n) is 6.33. The van der Waals surface area contributed by atoms with Gasteiger partial charge < -0.3 is 5.32 Å². The number of sulfonamides is 1. The summed E-state index contributed by atoms with van der Waals surface area (Å²) in [7, 11) is -1.91. The summed E-state index contributed by atoms with van der Waals surface area (Å²) < 4.78 is 52.8. The molecule has 1 aromatic carbocycles. The Bertz CT molecular complexity index is 599. The molecule has 1 rings (SSSR count). The molecule has 4 nitrogen and oxygen atoms in total. The summed E-state index contributed by atoms with van der Waals surface area (Å²) in [6.07, 6.45) is -0.184. The first-order valence-corrected chi connectivity index (χ1v) is 9.26. The van der Waals surface area contributed by atoms with Gasteiger partial charge in [-0.25, -0.2) is 21.9 Å². The van der Waals surface area contributed by atoms with Crippen LogP contribution >= 0.6 is 0 Å². The number of nitrogens with one attached hydrogen (secondary N) is 2. The van der Waals surface area contributed by atoms with Crippen molar-refractivity contribution in [2.75, 3.05) is 13.6 Å². The van der Waals surface area contributed by atoms with Crippen LogP contribution in [-0.2, 0) is 22.3 Å². The number of benzene rings is 1. The molecule has 0 aliphatic carbocycles. The smallest absolute Gasteiger partial charge is 0.254 e. The van der Waals surface area contributed by atoms with Gasteiger partial charge in [-0.1, -0.05) is 45.0 Å². The molecule has 0 saturated heterocycles. The molecule has 0 radical (unpaired) electrons. The maximum atomic E-state index is 13.8. The van der Waals surface area contributed by atoms with Crippen LogP contribution in [0.2, 0.25) is 0 Å². The van der Waals surface area contributed by atoms with E-state index in [1.165, 1.54) is 14.0 Å².